The minimum absolute atomic E-state index is 0.0828. The molecular formula is C19H28O2. The monoisotopic (exact) mass is 288 g/mol. The summed E-state index contributed by atoms with van der Waals surface area (Å²) in [6, 6.07) is 0. The van der Waals surface area contributed by atoms with Crippen molar-refractivity contribution in [3.63, 3.8) is 0 Å². The molecule has 4 aliphatic carbocycles. The van der Waals surface area contributed by atoms with E-state index in [-0.39, 0.29) is 11.5 Å². The lowest BCUT2D eigenvalue weighted by atomic mass is 9.49. The van der Waals surface area contributed by atoms with Crippen molar-refractivity contribution in [1.82, 2.24) is 0 Å². The molecule has 1 N–H and O–H groups in total. The van der Waals surface area contributed by atoms with Gasteiger partial charge in [-0.2, -0.15) is 0 Å². The number of fused-ring (bicyclic) bond motifs is 5. The van der Waals surface area contributed by atoms with Gasteiger partial charge in [0.05, 0.1) is 6.10 Å². The van der Waals surface area contributed by atoms with E-state index < -0.39 is 0 Å². The number of ketones is 1. The number of rotatable bonds is 0. The predicted octanol–water partition coefficient (Wildman–Crippen LogP) is 3.74. The van der Waals surface area contributed by atoms with Crippen LogP contribution in [0.15, 0.2) is 11.6 Å². The SMILES string of the molecule is C[C@@H]1CC2=CC(=O)CC[C@@H]2[C@@H]2CC[C@]3(C)[C@H](O)CC[C@H]3[C@H]21. The first-order valence-electron chi connectivity index (χ1n) is 8.92. The summed E-state index contributed by atoms with van der Waals surface area (Å²) in [7, 11) is 0. The summed E-state index contributed by atoms with van der Waals surface area (Å²) in [5.74, 6) is 3.96. The quantitative estimate of drug-likeness (QED) is 0.737. The lowest BCUT2D eigenvalue weighted by molar-refractivity contribution is -0.116. The fourth-order valence-electron chi connectivity index (χ4n) is 6.56. The summed E-state index contributed by atoms with van der Waals surface area (Å²) in [6.07, 6.45) is 9.54. The van der Waals surface area contributed by atoms with Crippen molar-refractivity contribution in [2.24, 2.45) is 35.0 Å². The Hall–Kier alpha value is -0.630. The van der Waals surface area contributed by atoms with E-state index in [1.165, 1.54) is 24.8 Å². The van der Waals surface area contributed by atoms with Gasteiger partial charge in [0.15, 0.2) is 5.78 Å². The summed E-state index contributed by atoms with van der Waals surface area (Å²) in [6.45, 7) is 4.73. The Morgan fingerprint density at radius 1 is 1.24 bits per heavy atom. The van der Waals surface area contributed by atoms with Gasteiger partial charge in [-0.15, -0.1) is 0 Å². The zero-order valence-electron chi connectivity index (χ0n) is 13.3. The van der Waals surface area contributed by atoms with Crippen LogP contribution in [0.2, 0.25) is 0 Å². The van der Waals surface area contributed by atoms with Gasteiger partial charge in [-0.25, -0.2) is 0 Å². The summed E-state index contributed by atoms with van der Waals surface area (Å²) >= 11 is 0. The molecule has 0 radical (unpaired) electrons. The van der Waals surface area contributed by atoms with Gasteiger partial charge in [-0.3, -0.25) is 4.79 Å². The van der Waals surface area contributed by atoms with E-state index in [0.717, 1.165) is 37.5 Å². The summed E-state index contributed by atoms with van der Waals surface area (Å²) in [5.41, 5.74) is 1.63. The van der Waals surface area contributed by atoms with Crippen LogP contribution < -0.4 is 0 Å². The normalized spacial score (nSPS) is 52.7. The number of hydrogen-bond donors (Lipinski definition) is 1. The molecule has 4 rings (SSSR count). The molecule has 21 heavy (non-hydrogen) atoms. The van der Waals surface area contributed by atoms with Crippen LogP contribution in [0.4, 0.5) is 0 Å². The first-order chi connectivity index (χ1) is 10.0. The van der Waals surface area contributed by atoms with Crippen LogP contribution >= 0.6 is 0 Å². The van der Waals surface area contributed by atoms with Crippen LogP contribution in [0, 0.1) is 35.0 Å². The van der Waals surface area contributed by atoms with Crippen molar-refractivity contribution < 1.29 is 9.90 Å². The first kappa shape index (κ1) is 14.0. The Bertz CT molecular complexity index is 494. The van der Waals surface area contributed by atoms with Gasteiger partial charge >= 0.3 is 0 Å². The minimum Gasteiger partial charge on any atom is -0.393 e. The highest BCUT2D eigenvalue weighted by Gasteiger charge is 2.57. The number of hydrogen-bond acceptors (Lipinski definition) is 2. The molecule has 0 unspecified atom stereocenters. The molecule has 0 aromatic rings. The van der Waals surface area contributed by atoms with Crippen molar-refractivity contribution in [3.05, 3.63) is 11.6 Å². The number of aliphatic hydroxyl groups is 1. The molecule has 0 amide bonds. The lowest BCUT2D eigenvalue weighted by Gasteiger charge is -2.55. The molecule has 116 valence electrons. The van der Waals surface area contributed by atoms with E-state index in [1.54, 1.807) is 0 Å². The third kappa shape index (κ3) is 1.91. The maximum atomic E-state index is 11.8. The van der Waals surface area contributed by atoms with Gasteiger partial charge in [0.1, 0.15) is 0 Å². The molecule has 0 aromatic carbocycles. The van der Waals surface area contributed by atoms with Crippen LogP contribution in [0.25, 0.3) is 0 Å². The van der Waals surface area contributed by atoms with Crippen molar-refractivity contribution in [3.8, 4) is 0 Å². The van der Waals surface area contributed by atoms with Gasteiger partial charge in [0.25, 0.3) is 0 Å². The van der Waals surface area contributed by atoms with Crippen molar-refractivity contribution >= 4 is 5.78 Å². The van der Waals surface area contributed by atoms with Crippen LogP contribution in [0.3, 0.4) is 0 Å². The van der Waals surface area contributed by atoms with Crippen LogP contribution in [-0.4, -0.2) is 17.0 Å². The molecule has 0 saturated heterocycles. The molecule has 3 saturated carbocycles. The van der Waals surface area contributed by atoms with Crippen LogP contribution in [-0.2, 0) is 4.79 Å². The van der Waals surface area contributed by atoms with Gasteiger partial charge in [-0.05, 0) is 79.6 Å². The maximum Gasteiger partial charge on any atom is 0.155 e. The lowest BCUT2D eigenvalue weighted by Crippen LogP contribution is -2.50. The highest BCUT2D eigenvalue weighted by atomic mass is 16.3. The largest absolute Gasteiger partial charge is 0.393 e. The average molecular weight is 288 g/mol. The van der Waals surface area contributed by atoms with E-state index in [9.17, 15) is 9.90 Å². The number of carbonyl (C=O) groups is 1. The Kier molecular flexibility index (Phi) is 3.12. The third-order valence-electron chi connectivity index (χ3n) is 7.59. The van der Waals surface area contributed by atoms with Gasteiger partial charge < -0.3 is 5.11 Å². The molecule has 2 heteroatoms. The zero-order valence-corrected chi connectivity index (χ0v) is 13.3. The molecule has 0 aliphatic heterocycles. The summed E-state index contributed by atoms with van der Waals surface area (Å²) in [4.78, 5) is 11.8. The topological polar surface area (TPSA) is 37.3 Å². The average Bonchev–Trinajstić information content (AvgIpc) is 2.74. The standard InChI is InChI=1S/C19H28O2/c1-11-9-12-10-13(20)3-4-14(12)15-7-8-19(2)16(18(11)15)5-6-17(19)21/h10-11,14-18,21H,3-9H2,1-2H3/t11-,14+,15+,16+,17-,18+,19+/m1/s1. The van der Waals surface area contributed by atoms with Crippen molar-refractivity contribution in [2.75, 3.05) is 0 Å². The molecule has 0 heterocycles. The molecule has 2 nitrogen and oxygen atoms in total. The highest BCUT2D eigenvalue weighted by molar-refractivity contribution is 5.91. The van der Waals surface area contributed by atoms with Gasteiger partial charge in [0.2, 0.25) is 0 Å². The van der Waals surface area contributed by atoms with Crippen LogP contribution in [0.1, 0.15) is 58.8 Å². The zero-order chi connectivity index (χ0) is 14.8. The Morgan fingerprint density at radius 2 is 2.05 bits per heavy atom. The summed E-state index contributed by atoms with van der Waals surface area (Å²) < 4.78 is 0. The third-order valence-corrected chi connectivity index (χ3v) is 7.59. The van der Waals surface area contributed by atoms with E-state index in [4.69, 9.17) is 0 Å². The molecular weight excluding hydrogens is 260 g/mol. The highest BCUT2D eigenvalue weighted by Crippen LogP contribution is 2.62. The minimum atomic E-state index is -0.0828. The van der Waals surface area contributed by atoms with Crippen molar-refractivity contribution in [2.45, 2.75) is 64.9 Å². The Morgan fingerprint density at radius 3 is 2.86 bits per heavy atom. The maximum absolute atomic E-state index is 11.8. The van der Waals surface area contributed by atoms with E-state index >= 15 is 0 Å². The number of aliphatic hydroxyl groups excluding tert-OH is 1. The van der Waals surface area contributed by atoms with Crippen molar-refractivity contribution in [1.29, 1.82) is 0 Å². The van der Waals surface area contributed by atoms with E-state index in [0.29, 0.717) is 23.5 Å². The molecule has 0 spiro atoms. The molecule has 7 atom stereocenters. The van der Waals surface area contributed by atoms with E-state index in [2.05, 4.69) is 13.8 Å². The smallest absolute Gasteiger partial charge is 0.155 e. The molecule has 4 aliphatic rings. The fraction of sp³-hybridized carbons (Fsp3) is 0.842. The Balaban J connectivity index is 1.68. The Labute approximate surface area is 128 Å². The summed E-state index contributed by atoms with van der Waals surface area (Å²) in [5, 5.41) is 10.5. The number of carbonyl (C=O) groups excluding carboxylic acids is 1. The fourth-order valence-corrected chi connectivity index (χ4v) is 6.56. The second-order valence-electron chi connectivity index (χ2n) is 8.50. The van der Waals surface area contributed by atoms with E-state index in [1.807, 2.05) is 6.08 Å². The molecule has 3 fully saturated rings. The van der Waals surface area contributed by atoms with Crippen LogP contribution in [0.5, 0.6) is 0 Å². The van der Waals surface area contributed by atoms with Gasteiger partial charge in [0, 0.05) is 6.42 Å². The number of allylic oxidation sites excluding steroid dienone is 1. The second kappa shape index (κ2) is 4.68. The first-order valence-corrected chi connectivity index (χ1v) is 8.92. The predicted molar refractivity (Wildman–Crippen MR) is 82.6 cm³/mol. The second-order valence-corrected chi connectivity index (χ2v) is 8.50. The molecule has 0 aromatic heterocycles. The van der Waals surface area contributed by atoms with Gasteiger partial charge in [-0.1, -0.05) is 19.4 Å². The molecule has 0 bridgehead atoms.